The second-order valence-electron chi connectivity index (χ2n) is 12.9. The molecule has 0 saturated heterocycles. The predicted octanol–water partition coefficient (Wildman–Crippen LogP) is 6.65. The molecule has 8 heteroatoms. The predicted molar refractivity (Wildman–Crippen MR) is 190 cm³/mol. The minimum absolute atomic E-state index is 0.00743. The van der Waals surface area contributed by atoms with Gasteiger partial charge in [-0.1, -0.05) is 58.4 Å². The Balaban J connectivity index is 1.89. The summed E-state index contributed by atoms with van der Waals surface area (Å²) >= 11 is 0. The zero-order valence-corrected chi connectivity index (χ0v) is 28.6. The van der Waals surface area contributed by atoms with Gasteiger partial charge >= 0.3 is 0 Å². The van der Waals surface area contributed by atoms with Gasteiger partial charge in [0.1, 0.15) is 5.82 Å². The first kappa shape index (κ1) is 35.8. The lowest BCUT2D eigenvalue weighted by Crippen LogP contribution is -2.41. The number of carbonyl (C=O) groups is 2. The zero-order valence-electron chi connectivity index (χ0n) is 28.6. The number of nitrogens with one attached hydrogen (secondary N) is 4. The van der Waals surface area contributed by atoms with E-state index in [4.69, 9.17) is 4.98 Å². The van der Waals surface area contributed by atoms with Gasteiger partial charge in [-0.2, -0.15) is 0 Å². The summed E-state index contributed by atoms with van der Waals surface area (Å²) in [5.41, 5.74) is 5.11. The van der Waals surface area contributed by atoms with Gasteiger partial charge in [0.2, 0.25) is 5.91 Å². The highest BCUT2D eigenvalue weighted by molar-refractivity contribution is 6.01. The maximum absolute atomic E-state index is 13.8. The molecule has 45 heavy (non-hydrogen) atoms. The first-order valence-corrected chi connectivity index (χ1v) is 16.8. The third-order valence-corrected chi connectivity index (χ3v) is 8.09. The highest BCUT2D eigenvalue weighted by Gasteiger charge is 2.26. The zero-order chi connectivity index (χ0) is 32.9. The van der Waals surface area contributed by atoms with E-state index in [1.165, 1.54) is 5.57 Å². The van der Waals surface area contributed by atoms with E-state index in [-0.39, 0.29) is 30.3 Å². The van der Waals surface area contributed by atoms with Gasteiger partial charge < -0.3 is 26.2 Å². The van der Waals surface area contributed by atoms with Gasteiger partial charge in [-0.3, -0.25) is 9.59 Å². The Bertz CT molecular complexity index is 1300. The molecule has 1 aliphatic rings. The molecular weight excluding hydrogens is 560 g/mol. The summed E-state index contributed by atoms with van der Waals surface area (Å²) in [5, 5.41) is 13.1. The molecule has 0 saturated carbocycles. The molecule has 0 spiro atoms. The number of amides is 2. The number of anilines is 2. The molecule has 2 amide bonds. The number of carbonyl (C=O) groups excluding carboxylic acids is 2. The van der Waals surface area contributed by atoms with Gasteiger partial charge in [-0.05, 0) is 75.8 Å². The van der Waals surface area contributed by atoms with Crippen molar-refractivity contribution in [3.63, 3.8) is 0 Å². The molecule has 3 rings (SSSR count). The van der Waals surface area contributed by atoms with E-state index in [2.05, 4.69) is 105 Å². The minimum Gasteiger partial charge on any atom is -0.382 e. The van der Waals surface area contributed by atoms with E-state index in [0.717, 1.165) is 67.1 Å². The topological polar surface area (TPSA) is 98.4 Å². The highest BCUT2D eigenvalue weighted by Crippen LogP contribution is 2.31. The van der Waals surface area contributed by atoms with Crippen LogP contribution >= 0.6 is 0 Å². The van der Waals surface area contributed by atoms with Crippen molar-refractivity contribution in [1.29, 1.82) is 0 Å². The number of rotatable bonds is 16. The first-order valence-electron chi connectivity index (χ1n) is 16.8. The van der Waals surface area contributed by atoms with Crippen LogP contribution in [0.1, 0.15) is 90.1 Å². The van der Waals surface area contributed by atoms with E-state index >= 15 is 0 Å². The number of pyridine rings is 1. The Hall–Kier alpha value is -3.65. The quantitative estimate of drug-likeness (QED) is 0.158. The van der Waals surface area contributed by atoms with Crippen molar-refractivity contribution < 1.29 is 9.59 Å². The fraction of sp³-hybridized carbons (Fsp3) is 0.541. The van der Waals surface area contributed by atoms with E-state index in [9.17, 15) is 9.59 Å². The van der Waals surface area contributed by atoms with Crippen molar-refractivity contribution in [2.45, 2.75) is 86.2 Å². The van der Waals surface area contributed by atoms with Crippen molar-refractivity contribution in [1.82, 2.24) is 20.9 Å². The molecule has 1 aromatic heterocycles. The average Bonchev–Trinajstić information content (AvgIpc) is 3.00. The lowest BCUT2D eigenvalue weighted by atomic mass is 9.87. The Morgan fingerprint density at radius 3 is 2.51 bits per heavy atom. The lowest BCUT2D eigenvalue weighted by Gasteiger charge is -2.25. The number of nitrogens with zero attached hydrogens (tertiary/aromatic N) is 2. The van der Waals surface area contributed by atoms with Crippen molar-refractivity contribution in [2.75, 3.05) is 42.9 Å². The number of hydrogen-bond donors (Lipinski definition) is 4. The second kappa shape index (κ2) is 17.7. The number of allylic oxidation sites excluding steroid dienone is 1. The van der Waals surface area contributed by atoms with Gasteiger partial charge in [0.25, 0.3) is 5.91 Å². The number of benzene rings is 1. The summed E-state index contributed by atoms with van der Waals surface area (Å²) in [6.45, 7) is 22.4. The van der Waals surface area contributed by atoms with Gasteiger partial charge in [-0.15, -0.1) is 0 Å². The van der Waals surface area contributed by atoms with E-state index in [1.54, 1.807) is 6.08 Å². The SMILES string of the molecule is C=Cc1c(NC(C)C)cc(-c2ccc(N(CCC)CCNC(C)C)nc2)cc1C(=O)NCC1CC(CCC)/C=C(/C)CNC1=O. The number of hydrogen-bond acceptors (Lipinski definition) is 6. The van der Waals surface area contributed by atoms with Crippen LogP contribution in [0.4, 0.5) is 11.5 Å². The standard InChI is InChI=1S/C37H56N6O2/c1-9-12-28-18-27(8)22-40-36(44)31(19-28)24-41-37(45)33-20-30(21-34(32(33)11-3)42-26(6)7)29-13-14-35(39-23-29)43(16-10-2)17-15-38-25(4)5/h11,13-14,18,20-21,23,25-26,28,31,38,42H,3,9-10,12,15-17,19,22,24H2,1-2,4-8H3,(H,40,44)(H,41,45)/b27-18-. The Labute approximate surface area is 271 Å². The molecule has 0 radical (unpaired) electrons. The molecule has 2 atom stereocenters. The molecule has 2 unspecified atom stereocenters. The van der Waals surface area contributed by atoms with E-state index < -0.39 is 0 Å². The van der Waals surface area contributed by atoms with Crippen molar-refractivity contribution in [3.8, 4) is 11.1 Å². The Morgan fingerprint density at radius 2 is 1.89 bits per heavy atom. The van der Waals surface area contributed by atoms with Crippen LogP contribution in [0.15, 0.2) is 48.7 Å². The van der Waals surface area contributed by atoms with Crippen molar-refractivity contribution in [2.24, 2.45) is 11.8 Å². The molecule has 0 aliphatic carbocycles. The molecule has 0 fully saturated rings. The van der Waals surface area contributed by atoms with Gasteiger partial charge in [0.15, 0.2) is 0 Å². The molecule has 2 aromatic rings. The van der Waals surface area contributed by atoms with Crippen molar-refractivity contribution >= 4 is 29.4 Å². The smallest absolute Gasteiger partial charge is 0.252 e. The summed E-state index contributed by atoms with van der Waals surface area (Å²) in [5.74, 6) is 0.746. The summed E-state index contributed by atoms with van der Waals surface area (Å²) in [6, 6.07) is 8.71. The van der Waals surface area contributed by atoms with Gasteiger partial charge in [0, 0.05) is 73.4 Å². The third-order valence-electron chi connectivity index (χ3n) is 8.09. The van der Waals surface area contributed by atoms with Crippen LogP contribution in [0.3, 0.4) is 0 Å². The van der Waals surface area contributed by atoms with Crippen LogP contribution in [-0.4, -0.2) is 61.6 Å². The summed E-state index contributed by atoms with van der Waals surface area (Å²) in [4.78, 5) is 34.0. The van der Waals surface area contributed by atoms with Crippen LogP contribution in [0, 0.1) is 11.8 Å². The van der Waals surface area contributed by atoms with Crippen LogP contribution in [0.5, 0.6) is 0 Å². The fourth-order valence-corrected chi connectivity index (χ4v) is 5.93. The van der Waals surface area contributed by atoms with Gasteiger partial charge in [0.05, 0.1) is 5.92 Å². The molecule has 2 heterocycles. The third kappa shape index (κ3) is 10.7. The van der Waals surface area contributed by atoms with E-state index in [0.29, 0.717) is 30.5 Å². The van der Waals surface area contributed by atoms with E-state index in [1.807, 2.05) is 12.3 Å². The molecule has 246 valence electrons. The molecular formula is C37H56N6O2. The molecule has 1 aromatic carbocycles. The maximum atomic E-state index is 13.8. The normalized spacial score (nSPS) is 18.1. The molecule has 4 N–H and O–H groups in total. The monoisotopic (exact) mass is 616 g/mol. The lowest BCUT2D eigenvalue weighted by molar-refractivity contribution is -0.125. The number of aromatic nitrogens is 1. The fourth-order valence-electron chi connectivity index (χ4n) is 5.93. The summed E-state index contributed by atoms with van der Waals surface area (Å²) in [6.07, 6.45) is 9.73. The summed E-state index contributed by atoms with van der Waals surface area (Å²) < 4.78 is 0. The molecule has 1 aliphatic heterocycles. The van der Waals surface area contributed by atoms with Crippen LogP contribution < -0.4 is 26.2 Å². The Morgan fingerprint density at radius 1 is 1.11 bits per heavy atom. The van der Waals surface area contributed by atoms with Gasteiger partial charge in [-0.25, -0.2) is 4.98 Å². The summed E-state index contributed by atoms with van der Waals surface area (Å²) in [7, 11) is 0. The van der Waals surface area contributed by atoms with Crippen LogP contribution in [-0.2, 0) is 4.79 Å². The van der Waals surface area contributed by atoms with Crippen LogP contribution in [0.2, 0.25) is 0 Å². The Kier molecular flexibility index (Phi) is 14.1. The largest absolute Gasteiger partial charge is 0.382 e. The molecule has 8 nitrogen and oxygen atoms in total. The van der Waals surface area contributed by atoms with Crippen LogP contribution in [0.25, 0.3) is 17.2 Å². The second-order valence-corrected chi connectivity index (χ2v) is 12.9. The minimum atomic E-state index is -0.294. The maximum Gasteiger partial charge on any atom is 0.252 e. The average molecular weight is 617 g/mol. The van der Waals surface area contributed by atoms with Crippen molar-refractivity contribution in [3.05, 3.63) is 59.8 Å². The highest BCUT2D eigenvalue weighted by atomic mass is 16.2. The first-order chi connectivity index (χ1) is 21.6. The molecule has 0 bridgehead atoms.